The lowest BCUT2D eigenvalue weighted by Gasteiger charge is -2.18. The number of hydrogen-bond acceptors (Lipinski definition) is 5. The highest BCUT2D eigenvalue weighted by Gasteiger charge is 2.29. The first kappa shape index (κ1) is 23.3. The molecule has 0 saturated heterocycles. The van der Waals surface area contributed by atoms with Gasteiger partial charge in [-0.2, -0.15) is 10.2 Å². The monoisotopic (exact) mass is 462 g/mol. The molecule has 1 aliphatic rings. The Morgan fingerprint density at radius 1 is 1.24 bits per heavy atom. The van der Waals surface area contributed by atoms with Crippen molar-refractivity contribution in [1.82, 2.24) is 24.9 Å². The normalized spacial score (nSPS) is 18.8. The molecule has 2 atom stereocenters. The number of rotatable bonds is 6. The van der Waals surface area contributed by atoms with Crippen LogP contribution in [0.3, 0.4) is 0 Å². The minimum absolute atomic E-state index is 0.0770. The SMILES string of the molecule is CCOC(=O)/C=C1\C[C@@H](C)[C@H](NC(=O)Nc2c(C)c(-c3cnn(C)c3)nn2-c2ccccc2)C1. The van der Waals surface area contributed by atoms with Crippen molar-refractivity contribution < 1.29 is 14.3 Å². The summed E-state index contributed by atoms with van der Waals surface area (Å²) in [5.74, 6) is 0.466. The van der Waals surface area contributed by atoms with E-state index in [0.29, 0.717) is 18.8 Å². The summed E-state index contributed by atoms with van der Waals surface area (Å²) in [6.45, 7) is 6.13. The zero-order valence-electron chi connectivity index (χ0n) is 19.9. The Morgan fingerprint density at radius 2 is 2.00 bits per heavy atom. The van der Waals surface area contributed by atoms with Gasteiger partial charge in [-0.3, -0.25) is 10.00 Å². The summed E-state index contributed by atoms with van der Waals surface area (Å²) in [6, 6.07) is 9.28. The van der Waals surface area contributed by atoms with Crippen molar-refractivity contribution in [2.45, 2.75) is 39.7 Å². The van der Waals surface area contributed by atoms with Crippen LogP contribution in [0.2, 0.25) is 0 Å². The third-order valence-electron chi connectivity index (χ3n) is 6.01. The molecule has 0 spiro atoms. The number of amides is 2. The molecule has 0 unspecified atom stereocenters. The minimum Gasteiger partial charge on any atom is -0.463 e. The second kappa shape index (κ2) is 9.94. The van der Waals surface area contributed by atoms with E-state index in [1.165, 1.54) is 0 Å². The molecule has 0 aliphatic heterocycles. The van der Waals surface area contributed by atoms with Gasteiger partial charge in [0, 0.05) is 36.5 Å². The van der Waals surface area contributed by atoms with Crippen molar-refractivity contribution >= 4 is 17.8 Å². The predicted octanol–water partition coefficient (Wildman–Crippen LogP) is 3.99. The van der Waals surface area contributed by atoms with E-state index in [2.05, 4.69) is 22.7 Å². The molecule has 1 aliphatic carbocycles. The average Bonchev–Trinajstić information content (AvgIpc) is 3.47. The summed E-state index contributed by atoms with van der Waals surface area (Å²) in [5, 5.41) is 15.1. The third-order valence-corrected chi connectivity index (χ3v) is 6.01. The largest absolute Gasteiger partial charge is 0.463 e. The van der Waals surface area contributed by atoms with Crippen molar-refractivity contribution in [3.8, 4) is 16.9 Å². The standard InChI is InChI=1S/C25H30N6O3/c1-5-34-22(32)13-18-11-16(2)21(12-18)27-25(33)28-24-17(3)23(19-14-26-30(4)15-19)29-31(24)20-9-7-6-8-10-20/h6-10,13-16,21H,5,11-12H2,1-4H3,(H2,27,28,33)/b18-13+/t16-,21-/m1/s1. The van der Waals surface area contributed by atoms with Gasteiger partial charge in [-0.25, -0.2) is 14.3 Å². The molecule has 3 aromatic rings. The van der Waals surface area contributed by atoms with Crippen LogP contribution in [0.15, 0.2) is 54.4 Å². The number of anilines is 1. The Morgan fingerprint density at radius 3 is 2.68 bits per heavy atom. The van der Waals surface area contributed by atoms with Gasteiger partial charge in [-0.15, -0.1) is 0 Å². The van der Waals surface area contributed by atoms with Crippen LogP contribution in [0, 0.1) is 12.8 Å². The molecule has 2 aromatic heterocycles. The molecule has 2 heterocycles. The second-order valence-corrected chi connectivity index (χ2v) is 8.62. The van der Waals surface area contributed by atoms with Crippen LogP contribution in [0.1, 0.15) is 32.3 Å². The Labute approximate surface area is 198 Å². The zero-order valence-corrected chi connectivity index (χ0v) is 19.9. The number of nitrogens with one attached hydrogen (secondary N) is 2. The van der Waals surface area contributed by atoms with Gasteiger partial charge in [0.25, 0.3) is 0 Å². The van der Waals surface area contributed by atoms with Crippen molar-refractivity contribution in [3.05, 3.63) is 59.9 Å². The molecule has 34 heavy (non-hydrogen) atoms. The molecule has 2 N–H and O–H groups in total. The van der Waals surface area contributed by atoms with Crippen LogP contribution in [-0.2, 0) is 16.6 Å². The lowest BCUT2D eigenvalue weighted by atomic mass is 10.1. The number of carbonyl (C=O) groups is 2. The number of para-hydroxylation sites is 1. The number of urea groups is 1. The molecular formula is C25H30N6O3. The van der Waals surface area contributed by atoms with Crippen LogP contribution in [-0.4, -0.2) is 44.2 Å². The molecule has 9 heteroatoms. The number of benzene rings is 1. The van der Waals surface area contributed by atoms with Crippen LogP contribution >= 0.6 is 0 Å². The van der Waals surface area contributed by atoms with Gasteiger partial charge in [-0.1, -0.05) is 30.7 Å². The maximum absolute atomic E-state index is 13.0. The first-order valence-electron chi connectivity index (χ1n) is 11.4. The maximum atomic E-state index is 13.0. The topological polar surface area (TPSA) is 103 Å². The van der Waals surface area contributed by atoms with Crippen molar-refractivity contribution in [3.63, 3.8) is 0 Å². The number of aromatic nitrogens is 4. The summed E-state index contributed by atoms with van der Waals surface area (Å²) in [6.07, 6.45) is 6.56. The number of esters is 1. The van der Waals surface area contributed by atoms with E-state index < -0.39 is 0 Å². The fraction of sp³-hybridized carbons (Fsp3) is 0.360. The van der Waals surface area contributed by atoms with E-state index >= 15 is 0 Å². The predicted molar refractivity (Wildman–Crippen MR) is 130 cm³/mol. The van der Waals surface area contributed by atoms with Gasteiger partial charge in [0.15, 0.2) is 0 Å². The Balaban J connectivity index is 1.55. The number of nitrogens with zero attached hydrogens (tertiary/aromatic N) is 4. The van der Waals surface area contributed by atoms with Gasteiger partial charge >= 0.3 is 12.0 Å². The molecule has 9 nitrogen and oxygen atoms in total. The smallest absolute Gasteiger partial charge is 0.330 e. The van der Waals surface area contributed by atoms with Crippen LogP contribution in [0.25, 0.3) is 16.9 Å². The molecule has 0 radical (unpaired) electrons. The van der Waals surface area contributed by atoms with Gasteiger partial charge in [0.2, 0.25) is 0 Å². The highest BCUT2D eigenvalue weighted by Crippen LogP contribution is 2.32. The number of carbonyl (C=O) groups excluding carboxylic acids is 2. The highest BCUT2D eigenvalue weighted by molar-refractivity contribution is 5.91. The summed E-state index contributed by atoms with van der Waals surface area (Å²) < 4.78 is 8.47. The van der Waals surface area contributed by atoms with Crippen LogP contribution < -0.4 is 10.6 Å². The summed E-state index contributed by atoms with van der Waals surface area (Å²) >= 11 is 0. The summed E-state index contributed by atoms with van der Waals surface area (Å²) in [5.41, 5.74) is 4.29. The molecule has 1 fully saturated rings. The fourth-order valence-corrected chi connectivity index (χ4v) is 4.31. The van der Waals surface area contributed by atoms with E-state index in [4.69, 9.17) is 9.84 Å². The second-order valence-electron chi connectivity index (χ2n) is 8.62. The quantitative estimate of drug-likeness (QED) is 0.426. The van der Waals surface area contributed by atoms with Crippen molar-refractivity contribution in [1.29, 1.82) is 0 Å². The zero-order chi connectivity index (χ0) is 24.2. The molecule has 0 bridgehead atoms. The molecule has 178 valence electrons. The van der Waals surface area contributed by atoms with E-state index in [9.17, 15) is 9.59 Å². The molecule has 2 amide bonds. The van der Waals surface area contributed by atoms with Crippen molar-refractivity contribution in [2.24, 2.45) is 13.0 Å². The molecule has 1 saturated carbocycles. The summed E-state index contributed by atoms with van der Waals surface area (Å²) in [4.78, 5) is 24.8. The van der Waals surface area contributed by atoms with Gasteiger partial charge in [0.05, 0.1) is 18.5 Å². The first-order valence-corrected chi connectivity index (χ1v) is 11.4. The third kappa shape index (κ3) is 5.03. The lowest BCUT2D eigenvalue weighted by molar-refractivity contribution is -0.137. The fourth-order valence-electron chi connectivity index (χ4n) is 4.31. The minimum atomic E-state index is -0.333. The van der Waals surface area contributed by atoms with Gasteiger partial charge in [0.1, 0.15) is 11.5 Å². The van der Waals surface area contributed by atoms with Crippen molar-refractivity contribution in [2.75, 3.05) is 11.9 Å². The Kier molecular flexibility index (Phi) is 6.81. The van der Waals surface area contributed by atoms with E-state index in [1.54, 1.807) is 28.6 Å². The highest BCUT2D eigenvalue weighted by atomic mass is 16.5. The van der Waals surface area contributed by atoms with E-state index in [-0.39, 0.29) is 24.0 Å². The number of hydrogen-bond donors (Lipinski definition) is 2. The first-order chi connectivity index (χ1) is 16.4. The molecule has 4 rings (SSSR count). The Bertz CT molecular complexity index is 1210. The molecular weight excluding hydrogens is 432 g/mol. The number of aryl methyl sites for hydroxylation is 1. The van der Waals surface area contributed by atoms with E-state index in [0.717, 1.165) is 34.5 Å². The van der Waals surface area contributed by atoms with Gasteiger partial charge < -0.3 is 10.1 Å². The van der Waals surface area contributed by atoms with E-state index in [1.807, 2.05) is 50.5 Å². The lowest BCUT2D eigenvalue weighted by Crippen LogP contribution is -2.39. The van der Waals surface area contributed by atoms with Crippen LogP contribution in [0.4, 0.5) is 10.6 Å². The summed E-state index contributed by atoms with van der Waals surface area (Å²) in [7, 11) is 1.85. The van der Waals surface area contributed by atoms with Gasteiger partial charge in [-0.05, 0) is 44.7 Å². The Hall–Kier alpha value is -3.88. The van der Waals surface area contributed by atoms with Crippen LogP contribution in [0.5, 0.6) is 0 Å². The number of ether oxygens (including phenoxy) is 1. The maximum Gasteiger partial charge on any atom is 0.330 e. The average molecular weight is 463 g/mol. The molecule has 1 aromatic carbocycles.